The van der Waals surface area contributed by atoms with E-state index in [1.54, 1.807) is 24.7 Å². The van der Waals surface area contributed by atoms with Gasteiger partial charge in [0.05, 0.1) is 11.2 Å². The van der Waals surface area contributed by atoms with Crippen molar-refractivity contribution in [3.8, 4) is 0 Å². The SMILES string of the molecule is NC(=S)c1ccc(S(=O)(=O)NCCCn2ccnc2)cc1. The van der Waals surface area contributed by atoms with Crippen LogP contribution in [-0.2, 0) is 16.6 Å². The Labute approximate surface area is 129 Å². The van der Waals surface area contributed by atoms with Crippen molar-refractivity contribution in [1.29, 1.82) is 0 Å². The summed E-state index contributed by atoms with van der Waals surface area (Å²) in [6, 6.07) is 6.18. The van der Waals surface area contributed by atoms with Gasteiger partial charge in [-0.3, -0.25) is 0 Å². The predicted octanol–water partition coefficient (Wildman–Crippen LogP) is 0.886. The summed E-state index contributed by atoms with van der Waals surface area (Å²) < 4.78 is 28.6. The maximum atomic E-state index is 12.1. The van der Waals surface area contributed by atoms with Crippen molar-refractivity contribution in [2.45, 2.75) is 17.9 Å². The average Bonchev–Trinajstić information content (AvgIpc) is 2.97. The molecule has 0 radical (unpaired) electrons. The highest BCUT2D eigenvalue weighted by molar-refractivity contribution is 7.89. The summed E-state index contributed by atoms with van der Waals surface area (Å²) in [7, 11) is -3.50. The molecule has 0 spiro atoms. The normalized spacial score (nSPS) is 11.4. The molecular formula is C13H16N4O2S2. The van der Waals surface area contributed by atoms with E-state index in [1.165, 1.54) is 12.1 Å². The third kappa shape index (κ3) is 4.35. The molecule has 0 aliphatic carbocycles. The van der Waals surface area contributed by atoms with Crippen LogP contribution in [0.4, 0.5) is 0 Å². The summed E-state index contributed by atoms with van der Waals surface area (Å²) in [6.07, 6.45) is 5.90. The van der Waals surface area contributed by atoms with E-state index in [-0.39, 0.29) is 9.88 Å². The maximum Gasteiger partial charge on any atom is 0.240 e. The van der Waals surface area contributed by atoms with E-state index >= 15 is 0 Å². The Kier molecular flexibility index (Phi) is 5.05. The molecular weight excluding hydrogens is 308 g/mol. The molecule has 0 bridgehead atoms. The first-order valence-electron chi connectivity index (χ1n) is 6.34. The number of hydrogen-bond acceptors (Lipinski definition) is 4. The Bertz CT molecular complexity index is 694. The molecule has 0 saturated carbocycles. The minimum atomic E-state index is -3.50. The molecule has 3 N–H and O–H groups in total. The Balaban J connectivity index is 1.90. The topological polar surface area (TPSA) is 90.0 Å². The summed E-state index contributed by atoms with van der Waals surface area (Å²) in [6.45, 7) is 1.07. The number of aromatic nitrogens is 2. The first-order valence-corrected chi connectivity index (χ1v) is 8.23. The number of imidazole rings is 1. The smallest absolute Gasteiger partial charge is 0.240 e. The van der Waals surface area contributed by atoms with Crippen LogP contribution in [0.5, 0.6) is 0 Å². The fourth-order valence-corrected chi connectivity index (χ4v) is 2.98. The second-order valence-electron chi connectivity index (χ2n) is 4.44. The molecule has 112 valence electrons. The molecule has 6 nitrogen and oxygen atoms in total. The van der Waals surface area contributed by atoms with Crippen molar-refractivity contribution in [2.24, 2.45) is 5.73 Å². The van der Waals surface area contributed by atoms with E-state index in [4.69, 9.17) is 18.0 Å². The lowest BCUT2D eigenvalue weighted by atomic mass is 10.2. The van der Waals surface area contributed by atoms with Crippen molar-refractivity contribution in [3.63, 3.8) is 0 Å². The highest BCUT2D eigenvalue weighted by Crippen LogP contribution is 2.10. The van der Waals surface area contributed by atoms with E-state index in [9.17, 15) is 8.42 Å². The Morgan fingerprint density at radius 2 is 2.05 bits per heavy atom. The molecule has 0 fully saturated rings. The van der Waals surface area contributed by atoms with Crippen molar-refractivity contribution in [2.75, 3.05) is 6.54 Å². The molecule has 0 aliphatic rings. The van der Waals surface area contributed by atoms with E-state index in [0.717, 1.165) is 0 Å². The van der Waals surface area contributed by atoms with E-state index in [1.807, 2.05) is 10.8 Å². The Hall–Kier alpha value is -1.77. The van der Waals surface area contributed by atoms with Crippen LogP contribution in [0.25, 0.3) is 0 Å². The largest absolute Gasteiger partial charge is 0.389 e. The molecule has 0 saturated heterocycles. The Morgan fingerprint density at radius 1 is 1.33 bits per heavy atom. The number of nitrogens with two attached hydrogens (primary N) is 1. The van der Waals surface area contributed by atoms with Gasteiger partial charge in [-0.05, 0) is 18.6 Å². The molecule has 0 amide bonds. The monoisotopic (exact) mass is 324 g/mol. The van der Waals surface area contributed by atoms with Gasteiger partial charge in [-0.25, -0.2) is 18.1 Å². The second kappa shape index (κ2) is 6.79. The fraction of sp³-hybridized carbons (Fsp3) is 0.231. The highest BCUT2D eigenvalue weighted by Gasteiger charge is 2.13. The van der Waals surface area contributed by atoms with Gasteiger partial charge in [-0.2, -0.15) is 0 Å². The van der Waals surface area contributed by atoms with Gasteiger partial charge in [0.1, 0.15) is 4.99 Å². The van der Waals surface area contributed by atoms with E-state index in [0.29, 0.717) is 25.1 Å². The van der Waals surface area contributed by atoms with Gasteiger partial charge in [0.2, 0.25) is 10.0 Å². The summed E-state index contributed by atoms with van der Waals surface area (Å²) in [4.78, 5) is 4.37. The maximum absolute atomic E-state index is 12.1. The highest BCUT2D eigenvalue weighted by atomic mass is 32.2. The van der Waals surface area contributed by atoms with Gasteiger partial charge in [-0.1, -0.05) is 24.4 Å². The summed E-state index contributed by atoms with van der Waals surface area (Å²) in [5, 5.41) is 0. The van der Waals surface area contributed by atoms with Crippen LogP contribution in [0.3, 0.4) is 0 Å². The number of hydrogen-bond donors (Lipinski definition) is 2. The Morgan fingerprint density at radius 3 is 2.62 bits per heavy atom. The summed E-state index contributed by atoms with van der Waals surface area (Å²) in [5.74, 6) is 0. The van der Waals surface area contributed by atoms with Crippen molar-refractivity contribution >= 4 is 27.2 Å². The molecule has 1 heterocycles. The van der Waals surface area contributed by atoms with Crippen molar-refractivity contribution < 1.29 is 8.42 Å². The number of sulfonamides is 1. The lowest BCUT2D eigenvalue weighted by molar-refractivity contribution is 0.570. The standard InChI is InChI=1S/C13H16N4O2S2/c14-13(20)11-2-4-12(5-3-11)21(18,19)16-6-1-8-17-9-7-15-10-17/h2-5,7,9-10,16H,1,6,8H2,(H2,14,20). The molecule has 2 aromatic rings. The van der Waals surface area contributed by atoms with Crippen LogP contribution in [0, 0.1) is 0 Å². The van der Waals surface area contributed by atoms with Gasteiger partial charge in [0.15, 0.2) is 0 Å². The van der Waals surface area contributed by atoms with E-state index < -0.39 is 10.0 Å². The minimum absolute atomic E-state index is 0.199. The number of thiocarbonyl (C=S) groups is 1. The molecule has 0 aliphatic heterocycles. The van der Waals surface area contributed by atoms with Gasteiger partial charge in [0.25, 0.3) is 0 Å². The quantitative estimate of drug-likeness (QED) is 0.583. The van der Waals surface area contributed by atoms with Crippen molar-refractivity contribution in [1.82, 2.24) is 14.3 Å². The lowest BCUT2D eigenvalue weighted by Crippen LogP contribution is -2.25. The van der Waals surface area contributed by atoms with Crippen molar-refractivity contribution in [3.05, 3.63) is 48.5 Å². The number of rotatable bonds is 7. The zero-order chi connectivity index (χ0) is 15.3. The molecule has 1 aromatic heterocycles. The molecule has 0 atom stereocenters. The second-order valence-corrected chi connectivity index (χ2v) is 6.65. The molecule has 0 unspecified atom stereocenters. The molecule has 21 heavy (non-hydrogen) atoms. The fourth-order valence-electron chi connectivity index (χ4n) is 1.77. The molecule has 1 aromatic carbocycles. The first kappa shape index (κ1) is 15.6. The lowest BCUT2D eigenvalue weighted by Gasteiger charge is -2.08. The predicted molar refractivity (Wildman–Crippen MR) is 84.4 cm³/mol. The van der Waals surface area contributed by atoms with Gasteiger partial charge in [0, 0.05) is 31.0 Å². The number of aryl methyl sites for hydroxylation is 1. The molecule has 2 rings (SSSR count). The minimum Gasteiger partial charge on any atom is -0.389 e. The van der Waals surface area contributed by atoms with Gasteiger partial charge < -0.3 is 10.3 Å². The zero-order valence-electron chi connectivity index (χ0n) is 11.3. The van der Waals surface area contributed by atoms with Gasteiger partial charge >= 0.3 is 0 Å². The first-order chi connectivity index (χ1) is 9.99. The number of nitrogens with one attached hydrogen (secondary N) is 1. The summed E-state index contributed by atoms with van der Waals surface area (Å²) in [5.41, 5.74) is 6.12. The number of benzene rings is 1. The van der Waals surface area contributed by atoms with Crippen LogP contribution in [0.15, 0.2) is 47.9 Å². The van der Waals surface area contributed by atoms with Crippen LogP contribution < -0.4 is 10.5 Å². The van der Waals surface area contributed by atoms with Crippen LogP contribution in [-0.4, -0.2) is 29.5 Å². The van der Waals surface area contributed by atoms with E-state index in [2.05, 4.69) is 9.71 Å². The van der Waals surface area contributed by atoms with Crippen LogP contribution in [0.1, 0.15) is 12.0 Å². The molecule has 8 heteroatoms. The third-order valence-electron chi connectivity index (χ3n) is 2.89. The third-order valence-corrected chi connectivity index (χ3v) is 4.61. The summed E-state index contributed by atoms with van der Waals surface area (Å²) >= 11 is 4.83. The van der Waals surface area contributed by atoms with Gasteiger partial charge in [-0.15, -0.1) is 0 Å². The van der Waals surface area contributed by atoms with Crippen LogP contribution in [0.2, 0.25) is 0 Å². The zero-order valence-corrected chi connectivity index (χ0v) is 12.9. The average molecular weight is 324 g/mol. The van der Waals surface area contributed by atoms with Crippen LogP contribution >= 0.6 is 12.2 Å². The number of nitrogens with zero attached hydrogens (tertiary/aromatic N) is 2.